The number of amides is 1. The minimum Gasteiger partial charge on any atom is -0.396 e. The van der Waals surface area contributed by atoms with Gasteiger partial charge in [0.15, 0.2) is 5.78 Å². The molecule has 1 amide bonds. The average molecular weight is 569 g/mol. The topological polar surface area (TPSA) is 129 Å². The number of carbonyl (C=O) groups is 4. The molecule has 0 aromatic carbocycles. The maximum atomic E-state index is 14.1. The molecule has 10 heteroatoms. The lowest BCUT2D eigenvalue weighted by atomic mass is 9.78. The Hall–Kier alpha value is -2.01. The number of aldehydes is 1. The molecule has 0 aliphatic rings. The Morgan fingerprint density at radius 2 is 1.73 bits per heavy atom. The van der Waals surface area contributed by atoms with Crippen LogP contribution in [-0.2, 0) is 23.9 Å². The van der Waals surface area contributed by atoms with Crippen LogP contribution in [0.4, 0.5) is 0 Å². The number of Topliss-reactive ketones (excluding diaryl/α,β-unsaturated/α-hetero) is 2. The van der Waals surface area contributed by atoms with Crippen molar-refractivity contribution in [2.45, 2.75) is 98.0 Å². The molecule has 0 saturated heterocycles. The van der Waals surface area contributed by atoms with Crippen molar-refractivity contribution in [2.24, 2.45) is 28.7 Å². The van der Waals surface area contributed by atoms with Gasteiger partial charge in [-0.2, -0.15) is 0 Å². The smallest absolute Gasteiger partial charge is 0.229 e. The molecule has 0 bridgehead atoms. The zero-order chi connectivity index (χ0) is 31.0. The van der Waals surface area contributed by atoms with Gasteiger partial charge < -0.3 is 24.9 Å². The van der Waals surface area contributed by atoms with E-state index in [4.69, 9.17) is 4.74 Å². The Kier molecular flexibility index (Phi) is 19.0. The first-order valence-electron chi connectivity index (χ1n) is 14.5. The summed E-state index contributed by atoms with van der Waals surface area (Å²) in [4.78, 5) is 56.7. The number of methoxy groups -OCH3 is 1. The number of nitrogens with zero attached hydrogens (tertiary/aromatic N) is 3. The molecule has 40 heavy (non-hydrogen) atoms. The molecule has 7 atom stereocenters. The van der Waals surface area contributed by atoms with Crippen LogP contribution in [0.15, 0.2) is 4.99 Å². The van der Waals surface area contributed by atoms with Crippen LogP contribution in [-0.4, -0.2) is 111 Å². The van der Waals surface area contributed by atoms with Crippen LogP contribution < -0.4 is 5.32 Å². The van der Waals surface area contributed by atoms with Gasteiger partial charge in [-0.1, -0.05) is 27.7 Å². The summed E-state index contributed by atoms with van der Waals surface area (Å²) in [6.45, 7) is 15.6. The molecular weight excluding hydrogens is 512 g/mol. The van der Waals surface area contributed by atoms with Gasteiger partial charge in [-0.15, -0.1) is 0 Å². The molecule has 0 heterocycles. The van der Waals surface area contributed by atoms with Gasteiger partial charge in [-0.05, 0) is 77.6 Å². The lowest BCUT2D eigenvalue weighted by molar-refractivity contribution is -0.142. The van der Waals surface area contributed by atoms with E-state index in [9.17, 15) is 24.3 Å². The van der Waals surface area contributed by atoms with Crippen molar-refractivity contribution in [1.29, 1.82) is 0 Å². The number of ketones is 2. The van der Waals surface area contributed by atoms with E-state index in [1.807, 2.05) is 25.8 Å². The van der Waals surface area contributed by atoms with E-state index in [1.165, 1.54) is 11.8 Å². The first-order chi connectivity index (χ1) is 18.7. The first kappa shape index (κ1) is 38.0. The summed E-state index contributed by atoms with van der Waals surface area (Å²) in [6, 6.07) is -0.821. The van der Waals surface area contributed by atoms with Crippen LogP contribution in [0.3, 0.4) is 0 Å². The summed E-state index contributed by atoms with van der Waals surface area (Å²) >= 11 is 0. The fourth-order valence-electron chi connectivity index (χ4n) is 5.15. The monoisotopic (exact) mass is 568 g/mol. The molecule has 0 aliphatic carbocycles. The van der Waals surface area contributed by atoms with E-state index in [-0.39, 0.29) is 72.8 Å². The summed E-state index contributed by atoms with van der Waals surface area (Å²) in [6.07, 6.45) is 2.55. The Bertz CT molecular complexity index is 792. The van der Waals surface area contributed by atoms with Gasteiger partial charge in [0.05, 0.1) is 25.0 Å². The number of aliphatic imine (C=N–C) groups is 1. The number of aliphatic hydroxyl groups is 1. The zero-order valence-corrected chi connectivity index (χ0v) is 26.4. The summed E-state index contributed by atoms with van der Waals surface area (Å²) in [5.74, 6) is -0.691. The van der Waals surface area contributed by atoms with Crippen molar-refractivity contribution in [3.8, 4) is 0 Å². The van der Waals surface area contributed by atoms with Gasteiger partial charge in [0.1, 0.15) is 18.3 Å². The van der Waals surface area contributed by atoms with Crippen molar-refractivity contribution in [2.75, 3.05) is 40.9 Å². The van der Waals surface area contributed by atoms with Crippen LogP contribution in [0.1, 0.15) is 73.6 Å². The minimum atomic E-state index is -0.547. The molecule has 0 rings (SSSR count). The van der Waals surface area contributed by atoms with Gasteiger partial charge in [0.2, 0.25) is 5.91 Å². The first-order valence-corrected chi connectivity index (χ1v) is 14.5. The lowest BCUT2D eigenvalue weighted by Gasteiger charge is -2.38. The van der Waals surface area contributed by atoms with E-state index < -0.39 is 12.3 Å². The Morgan fingerprint density at radius 3 is 2.17 bits per heavy atom. The largest absolute Gasteiger partial charge is 0.396 e. The number of carbonyl (C=O) groups excluding carboxylic acids is 4. The van der Waals surface area contributed by atoms with Gasteiger partial charge >= 0.3 is 0 Å². The number of rotatable bonds is 23. The van der Waals surface area contributed by atoms with E-state index >= 15 is 0 Å². The molecule has 7 unspecified atom stereocenters. The second-order valence-corrected chi connectivity index (χ2v) is 11.8. The molecule has 0 fully saturated rings. The molecule has 0 aromatic heterocycles. The highest BCUT2D eigenvalue weighted by Crippen LogP contribution is 2.29. The second kappa shape index (κ2) is 20.0. The van der Waals surface area contributed by atoms with E-state index in [0.29, 0.717) is 32.2 Å². The summed E-state index contributed by atoms with van der Waals surface area (Å²) in [7, 11) is 5.00. The highest BCUT2D eigenvalue weighted by molar-refractivity contribution is 5.96. The van der Waals surface area contributed by atoms with Crippen LogP contribution in [0.5, 0.6) is 0 Å². The van der Waals surface area contributed by atoms with Crippen LogP contribution in [0.2, 0.25) is 0 Å². The minimum absolute atomic E-state index is 0.0249. The van der Waals surface area contributed by atoms with Crippen molar-refractivity contribution in [1.82, 2.24) is 15.1 Å². The van der Waals surface area contributed by atoms with Crippen molar-refractivity contribution in [3.63, 3.8) is 0 Å². The summed E-state index contributed by atoms with van der Waals surface area (Å²) in [5.41, 5.74) is 0. The fraction of sp³-hybridized carbons (Fsp3) is 0.833. The highest BCUT2D eigenvalue weighted by Gasteiger charge is 2.37. The number of hydrogen-bond donors (Lipinski definition) is 2. The molecule has 0 aliphatic heterocycles. The van der Waals surface area contributed by atoms with Crippen molar-refractivity contribution >= 4 is 30.5 Å². The average Bonchev–Trinajstić information content (AvgIpc) is 2.90. The molecule has 10 nitrogen and oxygen atoms in total. The lowest BCUT2D eigenvalue weighted by Crippen LogP contribution is -2.53. The molecule has 2 N–H and O–H groups in total. The maximum absolute atomic E-state index is 14.1. The van der Waals surface area contributed by atoms with Crippen LogP contribution >= 0.6 is 0 Å². The zero-order valence-electron chi connectivity index (χ0n) is 26.4. The Labute approximate surface area is 242 Å². The van der Waals surface area contributed by atoms with Crippen molar-refractivity contribution in [3.05, 3.63) is 0 Å². The number of nitrogens with one attached hydrogen (secondary N) is 1. The van der Waals surface area contributed by atoms with Crippen molar-refractivity contribution < 1.29 is 29.0 Å². The maximum Gasteiger partial charge on any atom is 0.229 e. The van der Waals surface area contributed by atoms with E-state index in [1.54, 1.807) is 14.2 Å². The van der Waals surface area contributed by atoms with Gasteiger partial charge in [0.25, 0.3) is 0 Å². The van der Waals surface area contributed by atoms with Gasteiger partial charge in [0, 0.05) is 32.7 Å². The van der Waals surface area contributed by atoms with Gasteiger partial charge in [-0.3, -0.25) is 24.3 Å². The highest BCUT2D eigenvalue weighted by atomic mass is 16.5. The Morgan fingerprint density at radius 1 is 1.10 bits per heavy atom. The molecule has 0 spiro atoms. The third-order valence-corrected chi connectivity index (χ3v) is 7.61. The molecule has 0 saturated carbocycles. The SMILES string of the molecule is C=NC(C)CC(C=O)NCC(C)CC(CO)C(CC)C(=O)C(CC(C)C)N(C)C(CN(C)C(=O)CC(C)=O)OC. The predicted molar refractivity (Wildman–Crippen MR) is 159 cm³/mol. The molecular formula is C30H56N4O6. The summed E-state index contributed by atoms with van der Waals surface area (Å²) in [5, 5.41) is 13.6. The van der Waals surface area contributed by atoms with E-state index in [0.717, 1.165) is 6.29 Å². The number of hydrogen-bond acceptors (Lipinski definition) is 9. The normalized spacial score (nSPS) is 17.0. The van der Waals surface area contributed by atoms with Gasteiger partial charge in [-0.25, -0.2) is 0 Å². The van der Waals surface area contributed by atoms with Crippen LogP contribution in [0.25, 0.3) is 0 Å². The standard InChI is InChI=1S/C30H56N4O6/c1-11-26(24(18-35)13-21(4)16-32-25(19-36)14-22(5)31-7)30(39)27(12-20(2)3)34(9)29(40-10)17-33(8)28(38)15-23(6)37/h19-22,24-27,29,32,35H,7,11-18H2,1-6,8-10H3. The third kappa shape index (κ3) is 13.6. The predicted octanol–water partition coefficient (Wildman–Crippen LogP) is 2.61. The molecule has 0 aromatic rings. The second-order valence-electron chi connectivity index (χ2n) is 11.8. The van der Waals surface area contributed by atoms with Crippen LogP contribution in [0, 0.1) is 23.7 Å². The molecule has 232 valence electrons. The number of likely N-dealkylation sites (N-methyl/N-ethyl adjacent to an activating group) is 2. The third-order valence-electron chi connectivity index (χ3n) is 7.61. The Balaban J connectivity index is 5.67. The van der Waals surface area contributed by atoms with E-state index in [2.05, 4.69) is 37.8 Å². The number of ether oxygens (including phenoxy) is 1. The quantitative estimate of drug-likeness (QED) is 0.0833. The molecule has 0 radical (unpaired) electrons. The fourth-order valence-corrected chi connectivity index (χ4v) is 5.15. The summed E-state index contributed by atoms with van der Waals surface area (Å²) < 4.78 is 5.71. The number of aliphatic hydroxyl groups excluding tert-OH is 1.